The van der Waals surface area contributed by atoms with Crippen molar-refractivity contribution in [1.82, 2.24) is 15.2 Å². The molecule has 1 saturated heterocycles. The molecule has 1 amide bonds. The van der Waals surface area contributed by atoms with Gasteiger partial charge in [0, 0.05) is 31.4 Å². The monoisotopic (exact) mass is 341 g/mol. The number of hydrogen-bond acceptors (Lipinski definition) is 4. The molecule has 132 valence electrons. The number of nitrogens with zero attached hydrogens (tertiary/aromatic N) is 1. The molecular weight excluding hydrogens is 318 g/mol. The van der Waals surface area contributed by atoms with E-state index in [1.807, 2.05) is 30.3 Å². The SMILES string of the molecule is Cc1ccc(C(=O)NCC2CC(O)CN2Cc2ccccc2)c(=O)[nH]1. The minimum Gasteiger partial charge on any atom is -0.392 e. The van der Waals surface area contributed by atoms with Gasteiger partial charge in [-0.25, -0.2) is 0 Å². The van der Waals surface area contributed by atoms with Crippen LogP contribution in [0, 0.1) is 6.92 Å². The Balaban J connectivity index is 1.62. The van der Waals surface area contributed by atoms with Crippen LogP contribution in [0.1, 0.15) is 28.0 Å². The zero-order valence-corrected chi connectivity index (χ0v) is 14.2. The predicted octanol–water partition coefficient (Wildman–Crippen LogP) is 1.05. The number of benzene rings is 1. The highest BCUT2D eigenvalue weighted by Gasteiger charge is 2.31. The number of aliphatic hydroxyl groups excluding tert-OH is 1. The molecule has 6 heteroatoms. The van der Waals surface area contributed by atoms with Crippen molar-refractivity contribution >= 4 is 5.91 Å². The molecule has 1 aromatic heterocycles. The Morgan fingerprint density at radius 1 is 1.28 bits per heavy atom. The van der Waals surface area contributed by atoms with Crippen molar-refractivity contribution in [3.8, 4) is 0 Å². The number of aliphatic hydroxyl groups is 1. The number of carbonyl (C=O) groups is 1. The molecule has 0 radical (unpaired) electrons. The van der Waals surface area contributed by atoms with Crippen LogP contribution < -0.4 is 10.9 Å². The Bertz CT molecular complexity index is 788. The van der Waals surface area contributed by atoms with E-state index in [-0.39, 0.29) is 23.1 Å². The third-order valence-corrected chi connectivity index (χ3v) is 4.53. The highest BCUT2D eigenvalue weighted by atomic mass is 16.3. The van der Waals surface area contributed by atoms with Crippen LogP contribution in [0.25, 0.3) is 0 Å². The van der Waals surface area contributed by atoms with Gasteiger partial charge in [-0.2, -0.15) is 0 Å². The zero-order chi connectivity index (χ0) is 17.8. The lowest BCUT2D eigenvalue weighted by atomic mass is 10.1. The molecule has 2 heterocycles. The Labute approximate surface area is 146 Å². The summed E-state index contributed by atoms with van der Waals surface area (Å²) in [5, 5.41) is 12.8. The number of hydrogen-bond donors (Lipinski definition) is 3. The quantitative estimate of drug-likeness (QED) is 0.759. The Kier molecular flexibility index (Phi) is 5.31. The number of aromatic nitrogens is 1. The number of nitrogens with one attached hydrogen (secondary N) is 2. The van der Waals surface area contributed by atoms with Crippen molar-refractivity contribution in [2.75, 3.05) is 13.1 Å². The first kappa shape index (κ1) is 17.4. The summed E-state index contributed by atoms with van der Waals surface area (Å²) >= 11 is 0. The fourth-order valence-corrected chi connectivity index (χ4v) is 3.24. The van der Waals surface area contributed by atoms with E-state index in [1.165, 1.54) is 11.6 Å². The van der Waals surface area contributed by atoms with E-state index >= 15 is 0 Å². The lowest BCUT2D eigenvalue weighted by Gasteiger charge is -2.24. The number of rotatable bonds is 5. The molecule has 0 aliphatic carbocycles. The smallest absolute Gasteiger partial charge is 0.260 e. The van der Waals surface area contributed by atoms with Crippen molar-refractivity contribution < 1.29 is 9.90 Å². The molecule has 1 aliphatic rings. The van der Waals surface area contributed by atoms with E-state index in [1.54, 1.807) is 13.0 Å². The number of aromatic amines is 1. The molecule has 3 rings (SSSR count). The number of likely N-dealkylation sites (tertiary alicyclic amines) is 1. The third kappa shape index (κ3) is 4.35. The van der Waals surface area contributed by atoms with E-state index in [0.717, 1.165) is 12.2 Å². The highest BCUT2D eigenvalue weighted by Crippen LogP contribution is 2.20. The summed E-state index contributed by atoms with van der Waals surface area (Å²) in [6, 6.07) is 13.3. The number of pyridine rings is 1. The molecule has 1 aromatic carbocycles. The summed E-state index contributed by atoms with van der Waals surface area (Å²) in [6.45, 7) is 3.48. The van der Waals surface area contributed by atoms with Gasteiger partial charge in [0.15, 0.2) is 0 Å². The number of aryl methyl sites for hydroxylation is 1. The van der Waals surface area contributed by atoms with Crippen molar-refractivity contribution in [2.24, 2.45) is 0 Å². The second-order valence-electron chi connectivity index (χ2n) is 6.55. The number of H-pyrrole nitrogens is 1. The lowest BCUT2D eigenvalue weighted by molar-refractivity contribution is 0.0938. The van der Waals surface area contributed by atoms with E-state index < -0.39 is 6.10 Å². The predicted molar refractivity (Wildman–Crippen MR) is 95.4 cm³/mol. The van der Waals surface area contributed by atoms with Crippen LogP contribution in [-0.4, -0.2) is 46.1 Å². The van der Waals surface area contributed by atoms with Gasteiger partial charge in [-0.15, -0.1) is 0 Å². The lowest BCUT2D eigenvalue weighted by Crippen LogP contribution is -2.41. The van der Waals surface area contributed by atoms with Gasteiger partial charge < -0.3 is 15.4 Å². The van der Waals surface area contributed by atoms with Gasteiger partial charge in [0.2, 0.25) is 0 Å². The van der Waals surface area contributed by atoms with Gasteiger partial charge in [0.05, 0.1) is 6.10 Å². The minimum absolute atomic E-state index is 0.0451. The average molecular weight is 341 g/mol. The molecule has 2 aromatic rings. The summed E-state index contributed by atoms with van der Waals surface area (Å²) in [5.74, 6) is -0.387. The summed E-state index contributed by atoms with van der Waals surface area (Å²) in [5.41, 5.74) is 1.61. The zero-order valence-electron chi connectivity index (χ0n) is 14.2. The molecule has 6 nitrogen and oxygen atoms in total. The molecule has 3 N–H and O–H groups in total. The van der Waals surface area contributed by atoms with E-state index in [9.17, 15) is 14.7 Å². The van der Waals surface area contributed by atoms with Gasteiger partial charge in [0.25, 0.3) is 11.5 Å². The molecule has 1 fully saturated rings. The van der Waals surface area contributed by atoms with Gasteiger partial charge in [-0.1, -0.05) is 30.3 Å². The number of carbonyl (C=O) groups excluding carboxylic acids is 1. The molecule has 2 unspecified atom stereocenters. The number of β-amino-alcohol motifs (C(OH)–C–C–N with tert-alkyl or cyclic N) is 1. The molecule has 0 spiro atoms. The van der Waals surface area contributed by atoms with Gasteiger partial charge in [-0.3, -0.25) is 14.5 Å². The standard InChI is InChI=1S/C19H23N3O3/c1-13-7-8-17(19(25)21-13)18(24)20-10-15-9-16(23)12-22(15)11-14-5-3-2-4-6-14/h2-8,15-16,23H,9-12H2,1H3,(H,20,24)(H,21,25). The van der Waals surface area contributed by atoms with Crippen LogP contribution in [0.2, 0.25) is 0 Å². The Morgan fingerprint density at radius 2 is 2.04 bits per heavy atom. The summed E-state index contributed by atoms with van der Waals surface area (Å²) in [6.07, 6.45) is 0.213. The van der Waals surface area contributed by atoms with Crippen molar-refractivity contribution in [1.29, 1.82) is 0 Å². The molecule has 2 atom stereocenters. The Morgan fingerprint density at radius 3 is 2.76 bits per heavy atom. The van der Waals surface area contributed by atoms with Gasteiger partial charge in [-0.05, 0) is 31.0 Å². The van der Waals surface area contributed by atoms with E-state index in [4.69, 9.17) is 0 Å². The van der Waals surface area contributed by atoms with Crippen LogP contribution in [0.3, 0.4) is 0 Å². The maximum atomic E-state index is 12.3. The fraction of sp³-hybridized carbons (Fsp3) is 0.368. The van der Waals surface area contributed by atoms with E-state index in [2.05, 4.69) is 15.2 Å². The van der Waals surface area contributed by atoms with Crippen molar-refractivity contribution in [3.05, 3.63) is 69.6 Å². The normalized spacial score (nSPS) is 20.6. The van der Waals surface area contributed by atoms with Gasteiger partial charge in [0.1, 0.15) is 5.56 Å². The Hall–Kier alpha value is -2.44. The summed E-state index contributed by atoms with van der Waals surface area (Å²) < 4.78 is 0. The molecule has 0 bridgehead atoms. The van der Waals surface area contributed by atoms with Crippen molar-refractivity contribution in [2.45, 2.75) is 32.0 Å². The van der Waals surface area contributed by atoms with Crippen LogP contribution in [-0.2, 0) is 6.54 Å². The maximum absolute atomic E-state index is 12.3. The molecule has 1 aliphatic heterocycles. The first-order valence-corrected chi connectivity index (χ1v) is 8.47. The molecule has 0 saturated carbocycles. The maximum Gasteiger partial charge on any atom is 0.260 e. The fourth-order valence-electron chi connectivity index (χ4n) is 3.24. The first-order chi connectivity index (χ1) is 12.0. The first-order valence-electron chi connectivity index (χ1n) is 8.47. The molecular formula is C19H23N3O3. The minimum atomic E-state index is -0.395. The third-order valence-electron chi connectivity index (χ3n) is 4.53. The second kappa shape index (κ2) is 7.63. The topological polar surface area (TPSA) is 85.4 Å². The summed E-state index contributed by atoms with van der Waals surface area (Å²) in [4.78, 5) is 28.9. The highest BCUT2D eigenvalue weighted by molar-refractivity contribution is 5.93. The average Bonchev–Trinajstić information content (AvgIpc) is 2.93. The van der Waals surface area contributed by atoms with E-state index in [0.29, 0.717) is 19.5 Å². The molecule has 25 heavy (non-hydrogen) atoms. The van der Waals surface area contributed by atoms with Crippen LogP contribution in [0.5, 0.6) is 0 Å². The van der Waals surface area contributed by atoms with Gasteiger partial charge >= 0.3 is 0 Å². The van der Waals surface area contributed by atoms with Crippen molar-refractivity contribution in [3.63, 3.8) is 0 Å². The van der Waals surface area contributed by atoms with Crippen LogP contribution >= 0.6 is 0 Å². The second-order valence-corrected chi connectivity index (χ2v) is 6.55. The van der Waals surface area contributed by atoms with Crippen LogP contribution in [0.4, 0.5) is 0 Å². The van der Waals surface area contributed by atoms with Crippen LogP contribution in [0.15, 0.2) is 47.3 Å². The summed E-state index contributed by atoms with van der Waals surface area (Å²) in [7, 11) is 0. The number of amides is 1. The largest absolute Gasteiger partial charge is 0.392 e.